The van der Waals surface area contributed by atoms with Crippen molar-refractivity contribution in [2.24, 2.45) is 0 Å². The maximum atomic E-state index is 10.9. The van der Waals surface area contributed by atoms with Gasteiger partial charge in [0.25, 0.3) is 0 Å². The highest BCUT2D eigenvalue weighted by Crippen LogP contribution is 2.13. The molecule has 0 saturated carbocycles. The molecule has 0 aliphatic heterocycles. The molecule has 0 radical (unpaired) electrons. The van der Waals surface area contributed by atoms with Gasteiger partial charge >= 0.3 is 0 Å². The largest absolute Gasteiger partial charge is 0.844 e. The molecule has 1 aromatic heterocycles. The average molecular weight is 180 g/mol. The molecule has 1 rings (SSSR count). The third-order valence-corrected chi connectivity index (χ3v) is 1.88. The Morgan fingerprint density at radius 3 is 2.69 bits per heavy atom. The number of hydrogen-bond donors (Lipinski definition) is 0. The molecule has 72 valence electrons. The van der Waals surface area contributed by atoms with Gasteiger partial charge in [0, 0.05) is 18.8 Å². The topological polar surface area (TPSA) is 52.1 Å². The van der Waals surface area contributed by atoms with E-state index in [4.69, 9.17) is 0 Å². The molecular formula is C9H14N3O-. The van der Waals surface area contributed by atoms with Gasteiger partial charge in [0.2, 0.25) is 0 Å². The van der Waals surface area contributed by atoms with Crippen molar-refractivity contribution in [1.29, 1.82) is 0 Å². The summed E-state index contributed by atoms with van der Waals surface area (Å²) in [5, 5.41) is 10.9. The van der Waals surface area contributed by atoms with Gasteiger partial charge in [0.05, 0.1) is 6.01 Å². The number of aromatic nitrogens is 2. The molecule has 0 N–H and O–H groups in total. The molecule has 0 bridgehead atoms. The van der Waals surface area contributed by atoms with Gasteiger partial charge in [-0.25, -0.2) is 4.98 Å². The Morgan fingerprint density at radius 1 is 1.54 bits per heavy atom. The Morgan fingerprint density at radius 2 is 2.23 bits per heavy atom. The number of nitrogens with zero attached hydrogens (tertiary/aromatic N) is 3. The number of rotatable bonds is 3. The minimum absolute atomic E-state index is 0.347. The fourth-order valence-electron chi connectivity index (χ4n) is 1.28. The molecule has 0 fully saturated rings. The smallest absolute Gasteiger partial charge is 0.131 e. The minimum Gasteiger partial charge on any atom is -0.844 e. The first-order valence-corrected chi connectivity index (χ1v) is 4.41. The van der Waals surface area contributed by atoms with Crippen LogP contribution >= 0.6 is 0 Å². The Labute approximate surface area is 78.2 Å². The van der Waals surface area contributed by atoms with Gasteiger partial charge in [-0.05, 0) is 26.8 Å². The quantitative estimate of drug-likeness (QED) is 0.690. The van der Waals surface area contributed by atoms with E-state index in [1.165, 1.54) is 6.20 Å². The highest BCUT2D eigenvalue weighted by molar-refractivity contribution is 5.38. The Hall–Kier alpha value is -1.32. The van der Waals surface area contributed by atoms with E-state index in [-0.39, 0.29) is 0 Å². The normalized spacial score (nSPS) is 10.5. The van der Waals surface area contributed by atoms with Crippen LogP contribution in [-0.2, 0) is 0 Å². The lowest BCUT2D eigenvalue weighted by atomic mass is 10.3. The molecule has 0 amide bonds. The minimum atomic E-state index is -0.420. The lowest BCUT2D eigenvalue weighted by molar-refractivity contribution is -0.281. The van der Waals surface area contributed by atoms with Crippen molar-refractivity contribution in [3.63, 3.8) is 0 Å². The van der Waals surface area contributed by atoms with E-state index < -0.39 is 6.01 Å². The summed E-state index contributed by atoms with van der Waals surface area (Å²) >= 11 is 0. The third-order valence-electron chi connectivity index (χ3n) is 1.88. The lowest BCUT2D eigenvalue weighted by Crippen LogP contribution is -2.31. The average Bonchev–Trinajstić information content (AvgIpc) is 2.04. The summed E-state index contributed by atoms with van der Waals surface area (Å²) in [6.07, 6.45) is 1.50. The maximum Gasteiger partial charge on any atom is 0.131 e. The van der Waals surface area contributed by atoms with Gasteiger partial charge in [0.15, 0.2) is 0 Å². The molecule has 4 heteroatoms. The summed E-state index contributed by atoms with van der Waals surface area (Å²) in [7, 11) is 0. The Kier molecular flexibility index (Phi) is 3.06. The number of hydrogen-bond acceptors (Lipinski definition) is 4. The number of anilines is 1. The first-order chi connectivity index (χ1) is 6.15. The van der Waals surface area contributed by atoms with Crippen molar-refractivity contribution >= 4 is 5.82 Å². The molecule has 0 unspecified atom stereocenters. The van der Waals surface area contributed by atoms with Crippen LogP contribution in [0.1, 0.15) is 20.8 Å². The summed E-state index contributed by atoms with van der Waals surface area (Å²) in [4.78, 5) is 9.39. The SMILES string of the molecule is CCN(c1ccnc([O-])n1)C(C)C. The molecule has 1 heterocycles. The van der Waals surface area contributed by atoms with E-state index in [1.54, 1.807) is 6.07 Å². The highest BCUT2D eigenvalue weighted by Gasteiger charge is 2.08. The van der Waals surface area contributed by atoms with Gasteiger partial charge in [-0.3, -0.25) is 4.98 Å². The van der Waals surface area contributed by atoms with Crippen LogP contribution in [0.3, 0.4) is 0 Å². The summed E-state index contributed by atoms with van der Waals surface area (Å²) in [5.74, 6) is 0.706. The first kappa shape index (κ1) is 9.77. The predicted molar refractivity (Wildman–Crippen MR) is 49.6 cm³/mol. The van der Waals surface area contributed by atoms with E-state index in [1.807, 2.05) is 11.8 Å². The van der Waals surface area contributed by atoms with Crippen LogP contribution in [0.5, 0.6) is 6.01 Å². The molecular weight excluding hydrogens is 166 g/mol. The van der Waals surface area contributed by atoms with Crippen LogP contribution in [0, 0.1) is 0 Å². The summed E-state index contributed by atoms with van der Waals surface area (Å²) in [5.41, 5.74) is 0. The molecule has 0 aliphatic carbocycles. The van der Waals surface area contributed by atoms with Crippen LogP contribution in [0.2, 0.25) is 0 Å². The Bertz CT molecular complexity index is 275. The zero-order valence-corrected chi connectivity index (χ0v) is 8.19. The van der Waals surface area contributed by atoms with Crippen LogP contribution in [0.25, 0.3) is 0 Å². The van der Waals surface area contributed by atoms with Crippen molar-refractivity contribution in [1.82, 2.24) is 9.97 Å². The van der Waals surface area contributed by atoms with E-state index in [0.29, 0.717) is 11.9 Å². The summed E-state index contributed by atoms with van der Waals surface area (Å²) in [6.45, 7) is 7.01. The van der Waals surface area contributed by atoms with E-state index in [9.17, 15) is 5.11 Å². The van der Waals surface area contributed by atoms with Crippen LogP contribution in [-0.4, -0.2) is 22.6 Å². The highest BCUT2D eigenvalue weighted by atomic mass is 16.3. The van der Waals surface area contributed by atoms with E-state index in [0.717, 1.165) is 6.54 Å². The molecule has 0 atom stereocenters. The molecule has 0 aliphatic rings. The predicted octanol–water partition coefficient (Wildman–Crippen LogP) is 0.785. The van der Waals surface area contributed by atoms with E-state index >= 15 is 0 Å². The monoisotopic (exact) mass is 180 g/mol. The van der Waals surface area contributed by atoms with Gasteiger partial charge in [0.1, 0.15) is 5.82 Å². The second-order valence-corrected chi connectivity index (χ2v) is 3.08. The summed E-state index contributed by atoms with van der Waals surface area (Å²) < 4.78 is 0. The standard InChI is InChI=1S/C9H15N3O/c1-4-12(7(2)3)8-5-6-10-9(13)11-8/h5-7H,4H2,1-3H3,(H,10,11,13)/p-1. The maximum absolute atomic E-state index is 10.9. The molecule has 1 aromatic rings. The van der Waals surface area contributed by atoms with Crippen LogP contribution in [0.4, 0.5) is 5.82 Å². The Balaban J connectivity index is 2.91. The molecule has 0 saturated heterocycles. The lowest BCUT2D eigenvalue weighted by Gasteiger charge is -2.26. The van der Waals surface area contributed by atoms with Crippen molar-refractivity contribution in [2.45, 2.75) is 26.8 Å². The van der Waals surface area contributed by atoms with Crippen molar-refractivity contribution in [3.05, 3.63) is 12.3 Å². The first-order valence-electron chi connectivity index (χ1n) is 4.41. The van der Waals surface area contributed by atoms with Gasteiger partial charge in [-0.1, -0.05) is 0 Å². The van der Waals surface area contributed by atoms with Crippen LogP contribution in [0.15, 0.2) is 12.3 Å². The van der Waals surface area contributed by atoms with Crippen molar-refractivity contribution in [3.8, 4) is 6.01 Å². The molecule has 4 nitrogen and oxygen atoms in total. The van der Waals surface area contributed by atoms with E-state index in [2.05, 4.69) is 23.8 Å². The van der Waals surface area contributed by atoms with Gasteiger partial charge < -0.3 is 10.0 Å². The molecule has 13 heavy (non-hydrogen) atoms. The van der Waals surface area contributed by atoms with Crippen molar-refractivity contribution < 1.29 is 5.11 Å². The fraction of sp³-hybridized carbons (Fsp3) is 0.556. The second kappa shape index (κ2) is 4.07. The van der Waals surface area contributed by atoms with Crippen molar-refractivity contribution in [2.75, 3.05) is 11.4 Å². The summed E-state index contributed by atoms with van der Waals surface area (Å²) in [6, 6.07) is 1.68. The zero-order valence-electron chi connectivity index (χ0n) is 8.19. The molecule has 0 aromatic carbocycles. The third kappa shape index (κ3) is 2.31. The van der Waals surface area contributed by atoms with Crippen LogP contribution < -0.4 is 10.0 Å². The fourth-order valence-corrected chi connectivity index (χ4v) is 1.28. The van der Waals surface area contributed by atoms with Gasteiger partial charge in [-0.15, -0.1) is 0 Å². The molecule has 0 spiro atoms. The second-order valence-electron chi connectivity index (χ2n) is 3.08. The zero-order chi connectivity index (χ0) is 9.84. The van der Waals surface area contributed by atoms with Gasteiger partial charge in [-0.2, -0.15) is 0 Å².